The predicted octanol–water partition coefficient (Wildman–Crippen LogP) is 6.57. The Morgan fingerprint density at radius 1 is 0.471 bits per heavy atom. The lowest BCUT2D eigenvalue weighted by atomic mass is 10.1. The normalized spacial score (nSPS) is 11.6. The van der Waals surface area contributed by atoms with Gasteiger partial charge in [-0.1, -0.05) is 0 Å². The van der Waals surface area contributed by atoms with Gasteiger partial charge in [0.2, 0.25) is 17.5 Å². The lowest BCUT2D eigenvalue weighted by molar-refractivity contribution is -0.141. The summed E-state index contributed by atoms with van der Waals surface area (Å²) in [6, 6.07) is 0.374. The molecule has 0 aliphatic heterocycles. The largest absolute Gasteiger partial charge is 0.453 e. The van der Waals surface area contributed by atoms with Crippen molar-refractivity contribution in [2.45, 2.75) is 6.18 Å². The van der Waals surface area contributed by atoms with E-state index in [1.165, 1.54) is 0 Å². The molecule has 0 amide bonds. The zero-order valence-electron chi connectivity index (χ0n) is 15.9. The summed E-state index contributed by atoms with van der Waals surface area (Å²) in [6.45, 7) is 0. The minimum absolute atomic E-state index is 0.0883. The van der Waals surface area contributed by atoms with Crippen LogP contribution in [0.15, 0.2) is 18.2 Å². The van der Waals surface area contributed by atoms with E-state index in [-0.39, 0.29) is 18.2 Å². The molecule has 3 aromatic carbocycles. The monoisotopic (exact) mass is 504 g/mol. The number of alkyl halides is 3. The van der Waals surface area contributed by atoms with Gasteiger partial charge in [0.25, 0.3) is 0 Å². The van der Waals surface area contributed by atoms with E-state index in [0.29, 0.717) is 0 Å². The molecule has 4 N–H and O–H groups in total. The first kappa shape index (κ1) is 24.7. The van der Waals surface area contributed by atoms with Crippen LogP contribution in [0.4, 0.5) is 59.7 Å². The SMILES string of the molecule is Nc1cc(Oc2cc(Oc3cc(N)c(F)c(F)c3F)c(C(F)(F)F)c(F)c2F)c(F)c(F)c1F. The molecule has 0 fully saturated rings. The Labute approximate surface area is 181 Å². The third kappa shape index (κ3) is 4.20. The van der Waals surface area contributed by atoms with Crippen molar-refractivity contribution in [3.05, 3.63) is 70.3 Å². The Morgan fingerprint density at radius 2 is 0.824 bits per heavy atom. The average Bonchev–Trinajstić information content (AvgIpc) is 2.75. The maximum absolute atomic E-state index is 14.3. The van der Waals surface area contributed by atoms with Crippen LogP contribution < -0.4 is 20.9 Å². The molecule has 0 aliphatic carbocycles. The van der Waals surface area contributed by atoms with E-state index in [0.717, 1.165) is 0 Å². The van der Waals surface area contributed by atoms with E-state index >= 15 is 0 Å². The molecule has 34 heavy (non-hydrogen) atoms. The molecule has 0 aliphatic rings. The molecule has 182 valence electrons. The number of nitrogens with two attached hydrogens (primary N) is 2. The molecule has 4 nitrogen and oxygen atoms in total. The fourth-order valence-corrected chi connectivity index (χ4v) is 2.58. The maximum Gasteiger partial charge on any atom is 0.422 e. The van der Waals surface area contributed by atoms with Crippen molar-refractivity contribution >= 4 is 11.4 Å². The Bertz CT molecular complexity index is 1310. The molecule has 0 spiro atoms. The second-order valence-corrected chi connectivity index (χ2v) is 6.39. The molecule has 0 unspecified atom stereocenters. The van der Waals surface area contributed by atoms with Gasteiger partial charge in [-0.15, -0.1) is 0 Å². The van der Waals surface area contributed by atoms with Gasteiger partial charge in [-0.05, 0) is 0 Å². The lowest BCUT2D eigenvalue weighted by Crippen LogP contribution is -2.13. The minimum Gasteiger partial charge on any atom is -0.453 e. The number of rotatable bonds is 4. The second kappa shape index (κ2) is 8.46. The molecule has 0 saturated heterocycles. The van der Waals surface area contributed by atoms with Crippen molar-refractivity contribution in [1.29, 1.82) is 0 Å². The number of benzene rings is 3. The Morgan fingerprint density at radius 3 is 1.24 bits per heavy atom. The van der Waals surface area contributed by atoms with Gasteiger partial charge in [-0.2, -0.15) is 26.3 Å². The fourth-order valence-electron chi connectivity index (χ4n) is 2.58. The van der Waals surface area contributed by atoms with Crippen molar-refractivity contribution < 1.29 is 57.8 Å². The number of ether oxygens (including phenoxy) is 2. The van der Waals surface area contributed by atoms with Gasteiger partial charge in [0.1, 0.15) is 11.3 Å². The highest BCUT2D eigenvalue weighted by Crippen LogP contribution is 2.45. The van der Waals surface area contributed by atoms with Crippen LogP contribution in [-0.4, -0.2) is 0 Å². The minimum atomic E-state index is -5.71. The van der Waals surface area contributed by atoms with E-state index in [9.17, 15) is 48.3 Å². The quantitative estimate of drug-likeness (QED) is 0.240. The van der Waals surface area contributed by atoms with Crippen LogP contribution in [0.2, 0.25) is 0 Å². The highest BCUT2D eigenvalue weighted by Gasteiger charge is 2.41. The van der Waals surface area contributed by atoms with Crippen LogP contribution in [-0.2, 0) is 6.18 Å². The van der Waals surface area contributed by atoms with Crippen LogP contribution in [0.3, 0.4) is 0 Å². The van der Waals surface area contributed by atoms with E-state index in [1.807, 2.05) is 0 Å². The smallest absolute Gasteiger partial charge is 0.422 e. The second-order valence-electron chi connectivity index (χ2n) is 6.39. The van der Waals surface area contributed by atoms with Crippen molar-refractivity contribution in [2.75, 3.05) is 11.5 Å². The standard InChI is InChI=1S/C19H7F11N2O2/c20-11-4(31)1-7(14(23)17(11)26)33-6-3-9(13(22)16(25)10(6)19(28,29)30)34-8-2-5(32)12(21)18(27)15(8)24/h1-3H,31-32H2. The first-order chi connectivity index (χ1) is 15.6. The van der Waals surface area contributed by atoms with E-state index < -0.39 is 92.7 Å². The van der Waals surface area contributed by atoms with Crippen LogP contribution in [0, 0.1) is 46.5 Å². The third-order valence-electron chi connectivity index (χ3n) is 4.14. The molecular weight excluding hydrogens is 497 g/mol. The maximum atomic E-state index is 14.3. The molecule has 0 aromatic heterocycles. The van der Waals surface area contributed by atoms with Gasteiger partial charge >= 0.3 is 6.18 Å². The topological polar surface area (TPSA) is 70.5 Å². The highest BCUT2D eigenvalue weighted by atomic mass is 19.4. The number of halogens is 11. The summed E-state index contributed by atoms with van der Waals surface area (Å²) in [7, 11) is 0. The number of nitrogen functional groups attached to an aromatic ring is 2. The summed E-state index contributed by atoms with van der Waals surface area (Å²) in [5, 5.41) is 0. The van der Waals surface area contributed by atoms with E-state index in [4.69, 9.17) is 11.5 Å². The number of hydrogen-bond donors (Lipinski definition) is 2. The Balaban J connectivity index is 2.21. The number of hydrogen-bond acceptors (Lipinski definition) is 4. The van der Waals surface area contributed by atoms with Gasteiger partial charge < -0.3 is 20.9 Å². The van der Waals surface area contributed by atoms with Crippen LogP contribution in [0.1, 0.15) is 5.56 Å². The summed E-state index contributed by atoms with van der Waals surface area (Å²) in [5.41, 5.74) is 5.42. The van der Waals surface area contributed by atoms with Crippen LogP contribution in [0.25, 0.3) is 0 Å². The zero-order valence-corrected chi connectivity index (χ0v) is 15.9. The van der Waals surface area contributed by atoms with Crippen molar-refractivity contribution in [3.63, 3.8) is 0 Å². The average molecular weight is 504 g/mol. The summed E-state index contributed by atoms with van der Waals surface area (Å²) < 4.78 is 159. The van der Waals surface area contributed by atoms with Gasteiger partial charge in [-0.3, -0.25) is 0 Å². The molecule has 0 radical (unpaired) electrons. The summed E-state index contributed by atoms with van der Waals surface area (Å²) in [5.74, 6) is -23.9. The summed E-state index contributed by atoms with van der Waals surface area (Å²) in [6.07, 6.45) is -5.71. The Hall–Kier alpha value is -3.91. The molecule has 15 heteroatoms. The third-order valence-corrected chi connectivity index (χ3v) is 4.14. The zero-order chi connectivity index (χ0) is 25.7. The molecule has 0 saturated carbocycles. The van der Waals surface area contributed by atoms with Gasteiger partial charge in [0.15, 0.2) is 46.3 Å². The van der Waals surface area contributed by atoms with E-state index in [2.05, 4.69) is 9.47 Å². The van der Waals surface area contributed by atoms with Gasteiger partial charge in [0, 0.05) is 18.2 Å². The van der Waals surface area contributed by atoms with Crippen LogP contribution >= 0.6 is 0 Å². The molecular formula is C19H7F11N2O2. The highest BCUT2D eigenvalue weighted by molar-refractivity contribution is 5.53. The molecule has 0 atom stereocenters. The first-order valence-corrected chi connectivity index (χ1v) is 8.45. The molecule has 3 rings (SSSR count). The van der Waals surface area contributed by atoms with Gasteiger partial charge in [-0.25, -0.2) is 22.0 Å². The summed E-state index contributed by atoms with van der Waals surface area (Å²) in [4.78, 5) is 0. The van der Waals surface area contributed by atoms with Gasteiger partial charge in [0.05, 0.1) is 11.4 Å². The van der Waals surface area contributed by atoms with Crippen molar-refractivity contribution in [2.24, 2.45) is 0 Å². The molecule has 0 bridgehead atoms. The lowest BCUT2D eigenvalue weighted by Gasteiger charge is -2.18. The number of anilines is 2. The Kier molecular flexibility index (Phi) is 6.15. The molecule has 3 aromatic rings. The molecule has 0 heterocycles. The predicted molar refractivity (Wildman–Crippen MR) is 93.0 cm³/mol. The van der Waals surface area contributed by atoms with Crippen molar-refractivity contribution in [3.8, 4) is 23.0 Å². The van der Waals surface area contributed by atoms with E-state index in [1.54, 1.807) is 0 Å². The summed E-state index contributed by atoms with van der Waals surface area (Å²) >= 11 is 0. The van der Waals surface area contributed by atoms with Crippen LogP contribution in [0.5, 0.6) is 23.0 Å². The fraction of sp³-hybridized carbons (Fsp3) is 0.0526. The first-order valence-electron chi connectivity index (χ1n) is 8.45. The van der Waals surface area contributed by atoms with Crippen molar-refractivity contribution in [1.82, 2.24) is 0 Å².